The Morgan fingerprint density at radius 2 is 1.81 bits per heavy atom. The normalized spacial score (nSPS) is 10.5. The summed E-state index contributed by atoms with van der Waals surface area (Å²) in [6.45, 7) is 4.56. The van der Waals surface area contributed by atoms with Crippen LogP contribution in [0.4, 0.5) is 11.5 Å². The first kappa shape index (κ1) is 18.9. The van der Waals surface area contributed by atoms with E-state index in [-0.39, 0.29) is 11.6 Å². The van der Waals surface area contributed by atoms with Crippen molar-refractivity contribution in [3.05, 3.63) is 82.3 Å². The van der Waals surface area contributed by atoms with Crippen LogP contribution in [0.1, 0.15) is 34.1 Å². The van der Waals surface area contributed by atoms with E-state index in [0.717, 1.165) is 28.8 Å². The Hall–Kier alpha value is -2.92. The van der Waals surface area contributed by atoms with Crippen LogP contribution in [0, 0.1) is 6.92 Å². The van der Waals surface area contributed by atoms with Crippen molar-refractivity contribution in [3.8, 4) is 0 Å². The quantitative estimate of drug-likeness (QED) is 0.640. The first-order chi connectivity index (χ1) is 13.1. The van der Waals surface area contributed by atoms with Crippen molar-refractivity contribution >= 4 is 29.0 Å². The first-order valence-corrected chi connectivity index (χ1v) is 9.15. The predicted molar refractivity (Wildman–Crippen MR) is 109 cm³/mol. The van der Waals surface area contributed by atoms with E-state index in [9.17, 15) is 4.79 Å². The minimum atomic E-state index is -0.274. The van der Waals surface area contributed by atoms with E-state index in [1.165, 1.54) is 6.20 Å². The van der Waals surface area contributed by atoms with E-state index in [1.807, 2.05) is 49.4 Å². The summed E-state index contributed by atoms with van der Waals surface area (Å²) < 4.78 is 0. The number of aromatic nitrogens is 2. The summed E-state index contributed by atoms with van der Waals surface area (Å²) in [7, 11) is 0. The first-order valence-electron chi connectivity index (χ1n) is 8.77. The van der Waals surface area contributed by atoms with Gasteiger partial charge in [-0.25, -0.2) is 9.97 Å². The zero-order chi connectivity index (χ0) is 19.2. The van der Waals surface area contributed by atoms with Crippen LogP contribution >= 0.6 is 11.6 Å². The van der Waals surface area contributed by atoms with Gasteiger partial charge in [0.15, 0.2) is 0 Å². The molecule has 0 aliphatic carbocycles. The van der Waals surface area contributed by atoms with Crippen molar-refractivity contribution < 1.29 is 4.79 Å². The molecule has 0 spiro atoms. The standard InChI is InChI=1S/C21H21ClN4O/c1-3-15-9-6-7-14(2)20(15)26-21(27)18-12-25-19(13-23-18)24-11-16-8-4-5-10-17(16)22/h4-10,12-13H,3,11H2,1-2H3,(H,24,25)(H,26,27). The van der Waals surface area contributed by atoms with Crippen LogP contribution in [0.5, 0.6) is 0 Å². The maximum atomic E-state index is 12.5. The number of hydrogen-bond acceptors (Lipinski definition) is 4. The highest BCUT2D eigenvalue weighted by atomic mass is 35.5. The maximum Gasteiger partial charge on any atom is 0.275 e. The third kappa shape index (κ3) is 4.63. The molecule has 0 aliphatic heterocycles. The van der Waals surface area contributed by atoms with Crippen LogP contribution in [0.3, 0.4) is 0 Å². The lowest BCUT2D eigenvalue weighted by molar-refractivity contribution is 0.102. The van der Waals surface area contributed by atoms with Gasteiger partial charge in [0.25, 0.3) is 5.91 Å². The Morgan fingerprint density at radius 1 is 1.04 bits per heavy atom. The Morgan fingerprint density at radius 3 is 2.52 bits per heavy atom. The summed E-state index contributed by atoms with van der Waals surface area (Å²) in [5, 5.41) is 6.80. The van der Waals surface area contributed by atoms with Gasteiger partial charge in [0.05, 0.1) is 12.4 Å². The number of carbonyl (C=O) groups excluding carboxylic acids is 1. The van der Waals surface area contributed by atoms with Crippen LogP contribution in [-0.4, -0.2) is 15.9 Å². The molecule has 1 heterocycles. The average Bonchev–Trinajstić information content (AvgIpc) is 2.69. The third-order valence-corrected chi connectivity index (χ3v) is 4.65. The van der Waals surface area contributed by atoms with Crippen molar-refractivity contribution in [3.63, 3.8) is 0 Å². The van der Waals surface area contributed by atoms with Crippen molar-refractivity contribution in [1.82, 2.24) is 9.97 Å². The molecule has 2 N–H and O–H groups in total. The van der Waals surface area contributed by atoms with Gasteiger partial charge in [0, 0.05) is 17.3 Å². The summed E-state index contributed by atoms with van der Waals surface area (Å²) in [5.74, 6) is 0.306. The number of para-hydroxylation sites is 1. The summed E-state index contributed by atoms with van der Waals surface area (Å²) >= 11 is 6.14. The average molecular weight is 381 g/mol. The molecule has 2 aromatic carbocycles. The number of aryl methyl sites for hydroxylation is 2. The highest BCUT2D eigenvalue weighted by Gasteiger charge is 2.12. The zero-order valence-corrected chi connectivity index (χ0v) is 16.0. The number of nitrogens with one attached hydrogen (secondary N) is 2. The predicted octanol–water partition coefficient (Wildman–Crippen LogP) is 4.87. The molecule has 0 bridgehead atoms. The molecule has 27 heavy (non-hydrogen) atoms. The van der Waals surface area contributed by atoms with Gasteiger partial charge in [-0.3, -0.25) is 4.79 Å². The molecule has 1 aromatic heterocycles. The van der Waals surface area contributed by atoms with Crippen LogP contribution in [0.25, 0.3) is 0 Å². The number of halogens is 1. The van der Waals surface area contributed by atoms with Gasteiger partial charge in [0.1, 0.15) is 11.5 Å². The van der Waals surface area contributed by atoms with Gasteiger partial charge in [-0.2, -0.15) is 0 Å². The summed E-state index contributed by atoms with van der Waals surface area (Å²) in [5.41, 5.74) is 4.19. The third-order valence-electron chi connectivity index (χ3n) is 4.28. The lowest BCUT2D eigenvalue weighted by atomic mass is 10.1. The van der Waals surface area contributed by atoms with Crippen LogP contribution < -0.4 is 10.6 Å². The SMILES string of the molecule is CCc1cccc(C)c1NC(=O)c1cnc(NCc2ccccc2Cl)cn1. The lowest BCUT2D eigenvalue weighted by Gasteiger charge is -2.12. The minimum Gasteiger partial charge on any atom is -0.365 e. The molecule has 5 nitrogen and oxygen atoms in total. The molecule has 0 radical (unpaired) electrons. The topological polar surface area (TPSA) is 66.9 Å². The van der Waals surface area contributed by atoms with Crippen molar-refractivity contribution in [2.45, 2.75) is 26.8 Å². The maximum absolute atomic E-state index is 12.5. The Bertz CT molecular complexity index is 941. The van der Waals surface area contributed by atoms with E-state index in [4.69, 9.17) is 11.6 Å². The van der Waals surface area contributed by atoms with E-state index < -0.39 is 0 Å². The van der Waals surface area contributed by atoms with Crippen LogP contribution in [0.15, 0.2) is 54.9 Å². The van der Waals surface area contributed by atoms with Crippen molar-refractivity contribution in [2.24, 2.45) is 0 Å². The van der Waals surface area contributed by atoms with E-state index in [1.54, 1.807) is 6.20 Å². The molecule has 0 saturated heterocycles. The van der Waals surface area contributed by atoms with E-state index in [2.05, 4.69) is 27.5 Å². The second kappa shape index (κ2) is 8.64. The number of carbonyl (C=O) groups is 1. The molecule has 0 aliphatic rings. The molecule has 0 saturated carbocycles. The Kier molecular flexibility index (Phi) is 6.04. The molecule has 0 fully saturated rings. The monoisotopic (exact) mass is 380 g/mol. The smallest absolute Gasteiger partial charge is 0.275 e. The summed E-state index contributed by atoms with van der Waals surface area (Å²) in [6, 6.07) is 13.6. The van der Waals surface area contributed by atoms with Crippen molar-refractivity contribution in [1.29, 1.82) is 0 Å². The van der Waals surface area contributed by atoms with Crippen LogP contribution in [0.2, 0.25) is 5.02 Å². The number of nitrogens with zero attached hydrogens (tertiary/aromatic N) is 2. The van der Waals surface area contributed by atoms with Crippen molar-refractivity contribution in [2.75, 3.05) is 10.6 Å². The molecule has 1 amide bonds. The van der Waals surface area contributed by atoms with Gasteiger partial charge in [0.2, 0.25) is 0 Å². The van der Waals surface area contributed by atoms with E-state index in [0.29, 0.717) is 17.4 Å². The fourth-order valence-electron chi connectivity index (χ4n) is 2.74. The number of hydrogen-bond donors (Lipinski definition) is 2. The fraction of sp³-hybridized carbons (Fsp3) is 0.190. The molecular weight excluding hydrogens is 360 g/mol. The van der Waals surface area contributed by atoms with Gasteiger partial charge in [-0.15, -0.1) is 0 Å². The summed E-state index contributed by atoms with van der Waals surface area (Å²) in [4.78, 5) is 21.0. The van der Waals surface area contributed by atoms with Gasteiger partial charge in [-0.05, 0) is 36.1 Å². The summed E-state index contributed by atoms with van der Waals surface area (Å²) in [6.07, 6.45) is 3.85. The highest BCUT2D eigenvalue weighted by molar-refractivity contribution is 6.31. The number of amides is 1. The zero-order valence-electron chi connectivity index (χ0n) is 15.3. The number of rotatable bonds is 6. The molecule has 3 rings (SSSR count). The molecule has 138 valence electrons. The highest BCUT2D eigenvalue weighted by Crippen LogP contribution is 2.22. The van der Waals surface area contributed by atoms with Gasteiger partial charge in [-0.1, -0.05) is 54.9 Å². The van der Waals surface area contributed by atoms with Gasteiger partial charge >= 0.3 is 0 Å². The van der Waals surface area contributed by atoms with Gasteiger partial charge < -0.3 is 10.6 Å². The fourth-order valence-corrected chi connectivity index (χ4v) is 2.95. The lowest BCUT2D eigenvalue weighted by Crippen LogP contribution is -2.16. The molecule has 0 atom stereocenters. The number of anilines is 2. The molecule has 0 unspecified atom stereocenters. The second-order valence-electron chi connectivity index (χ2n) is 6.15. The minimum absolute atomic E-state index is 0.267. The molecule has 3 aromatic rings. The Balaban J connectivity index is 1.67. The Labute approximate surface area is 163 Å². The molecule has 6 heteroatoms. The largest absolute Gasteiger partial charge is 0.365 e. The second-order valence-corrected chi connectivity index (χ2v) is 6.56. The number of benzene rings is 2. The van der Waals surface area contributed by atoms with E-state index >= 15 is 0 Å². The van der Waals surface area contributed by atoms with Crippen LogP contribution in [-0.2, 0) is 13.0 Å². The molecular formula is C21H21ClN4O.